The van der Waals surface area contributed by atoms with Crippen LogP contribution in [-0.2, 0) is 9.59 Å². The zero-order valence-corrected chi connectivity index (χ0v) is 20.8. The van der Waals surface area contributed by atoms with Crippen LogP contribution in [0.4, 0.5) is 4.39 Å². The highest BCUT2D eigenvalue weighted by Crippen LogP contribution is 2.37. The van der Waals surface area contributed by atoms with Crippen molar-refractivity contribution in [1.82, 2.24) is 19.7 Å². The summed E-state index contributed by atoms with van der Waals surface area (Å²) in [6.07, 6.45) is 4.63. The van der Waals surface area contributed by atoms with Gasteiger partial charge in [0, 0.05) is 24.8 Å². The second kappa shape index (κ2) is 10.4. The number of aliphatic carboxylic acids is 1. The van der Waals surface area contributed by atoms with Crippen LogP contribution in [0.3, 0.4) is 0 Å². The van der Waals surface area contributed by atoms with Crippen LogP contribution in [0.25, 0.3) is 22.2 Å². The van der Waals surface area contributed by atoms with Gasteiger partial charge in [0.15, 0.2) is 17.2 Å². The number of carbonyl (C=O) groups excluding carboxylic acids is 1. The maximum absolute atomic E-state index is 14.5. The van der Waals surface area contributed by atoms with Crippen LogP contribution in [0, 0.1) is 5.82 Å². The molecule has 0 bridgehead atoms. The van der Waals surface area contributed by atoms with E-state index in [0.717, 1.165) is 10.9 Å². The molecule has 3 heterocycles. The highest BCUT2D eigenvalue weighted by Gasteiger charge is 2.31. The monoisotopic (exact) mass is 520 g/mol. The number of aromatic nitrogens is 3. The van der Waals surface area contributed by atoms with Crippen LogP contribution < -0.4 is 14.2 Å². The lowest BCUT2D eigenvalue weighted by Crippen LogP contribution is -2.44. The first-order chi connectivity index (χ1) is 18.4. The molecule has 1 atom stereocenters. The number of halogens is 1. The minimum Gasteiger partial charge on any atom is -0.494 e. The van der Waals surface area contributed by atoms with E-state index in [1.54, 1.807) is 54.5 Å². The number of carboxylic acid groups (broad SMARTS) is 1. The molecular weight excluding hydrogens is 495 g/mol. The van der Waals surface area contributed by atoms with Crippen molar-refractivity contribution in [3.8, 4) is 34.3 Å². The van der Waals surface area contributed by atoms with Gasteiger partial charge in [-0.3, -0.25) is 14.5 Å². The van der Waals surface area contributed by atoms with Crippen molar-refractivity contribution in [3.63, 3.8) is 0 Å². The molecule has 1 N–H and O–H groups in total. The van der Waals surface area contributed by atoms with Crippen molar-refractivity contribution < 1.29 is 33.3 Å². The first-order valence-electron chi connectivity index (χ1n) is 11.9. The standard InChI is InChI=1S/C27H25FN4O6/c1-36-20-6-3-7-21(23(20)28)38-18-10-8-16(9-11-18)24-19-13-29-14-22(37-2)25(19)32(30-24)17-5-4-12-31(15-17)26(33)27(34)35/h3,6-11,13-14,17H,4-5,12,15H2,1-2H3,(H,34,35). The minimum atomic E-state index is -1.48. The molecule has 0 radical (unpaired) electrons. The average Bonchev–Trinajstić information content (AvgIpc) is 3.34. The van der Waals surface area contributed by atoms with Crippen LogP contribution in [0.5, 0.6) is 23.0 Å². The maximum Gasteiger partial charge on any atom is 0.394 e. The number of benzene rings is 2. The Hall–Kier alpha value is -4.67. The number of methoxy groups -OCH3 is 2. The summed E-state index contributed by atoms with van der Waals surface area (Å²) in [6.45, 7) is 0.591. The molecule has 38 heavy (non-hydrogen) atoms. The van der Waals surface area contributed by atoms with E-state index < -0.39 is 17.7 Å². The molecule has 5 rings (SSSR count). The zero-order valence-electron chi connectivity index (χ0n) is 20.8. The number of ether oxygens (including phenoxy) is 3. The van der Waals surface area contributed by atoms with E-state index in [1.807, 2.05) is 0 Å². The first kappa shape index (κ1) is 25.0. The number of fused-ring (bicyclic) bond motifs is 1. The van der Waals surface area contributed by atoms with E-state index in [2.05, 4.69) is 4.98 Å². The highest BCUT2D eigenvalue weighted by molar-refractivity contribution is 6.31. The number of nitrogens with zero attached hydrogens (tertiary/aromatic N) is 4. The largest absolute Gasteiger partial charge is 0.494 e. The number of pyridine rings is 1. The van der Waals surface area contributed by atoms with Gasteiger partial charge in [-0.05, 0) is 49.2 Å². The van der Waals surface area contributed by atoms with Gasteiger partial charge < -0.3 is 24.2 Å². The lowest BCUT2D eigenvalue weighted by molar-refractivity contribution is -0.156. The second-order valence-corrected chi connectivity index (χ2v) is 8.78. The van der Waals surface area contributed by atoms with Gasteiger partial charge in [0.05, 0.1) is 31.8 Å². The number of carbonyl (C=O) groups is 2. The van der Waals surface area contributed by atoms with Gasteiger partial charge in [-0.1, -0.05) is 6.07 Å². The zero-order chi connectivity index (χ0) is 26.8. The Balaban J connectivity index is 1.50. The summed E-state index contributed by atoms with van der Waals surface area (Å²) < 4.78 is 32.6. The molecular formula is C27H25FN4O6. The highest BCUT2D eigenvalue weighted by atomic mass is 19.1. The predicted octanol–water partition coefficient (Wildman–Crippen LogP) is 4.30. The van der Waals surface area contributed by atoms with Gasteiger partial charge in [-0.2, -0.15) is 9.49 Å². The van der Waals surface area contributed by atoms with Crippen LogP contribution >= 0.6 is 0 Å². The molecule has 4 aromatic rings. The lowest BCUT2D eigenvalue weighted by atomic mass is 10.1. The number of carboxylic acids is 1. The van der Waals surface area contributed by atoms with Gasteiger partial charge in [0.1, 0.15) is 17.0 Å². The number of hydrogen-bond donors (Lipinski definition) is 1. The SMILES string of the molecule is COc1cccc(Oc2ccc(-c3nn(C4CCCN(C(=O)C(=O)O)C4)c4c(OC)cncc34)cc2)c1F. The number of rotatable bonds is 6. The topological polar surface area (TPSA) is 116 Å². The third kappa shape index (κ3) is 4.58. The second-order valence-electron chi connectivity index (χ2n) is 8.78. The summed E-state index contributed by atoms with van der Waals surface area (Å²) in [7, 11) is 2.93. The summed E-state index contributed by atoms with van der Waals surface area (Å²) in [5.74, 6) is -1.93. The molecule has 10 nitrogen and oxygen atoms in total. The lowest BCUT2D eigenvalue weighted by Gasteiger charge is -2.32. The van der Waals surface area contributed by atoms with Crippen LogP contribution in [-0.4, -0.2) is 64.0 Å². The summed E-state index contributed by atoms with van der Waals surface area (Å²) in [5.41, 5.74) is 2.09. The molecule has 2 aromatic carbocycles. The molecule has 1 aliphatic heterocycles. The normalized spacial score (nSPS) is 15.3. The number of amides is 1. The van der Waals surface area contributed by atoms with E-state index in [0.29, 0.717) is 42.1 Å². The Morgan fingerprint density at radius 3 is 2.47 bits per heavy atom. The third-order valence-electron chi connectivity index (χ3n) is 6.51. The Morgan fingerprint density at radius 2 is 1.76 bits per heavy atom. The molecule has 1 saturated heterocycles. The minimum absolute atomic E-state index is 0.0403. The van der Waals surface area contributed by atoms with Crippen molar-refractivity contribution in [1.29, 1.82) is 0 Å². The summed E-state index contributed by atoms with van der Waals surface area (Å²) in [5, 5.41) is 14.8. The van der Waals surface area contributed by atoms with E-state index in [4.69, 9.17) is 19.3 Å². The molecule has 11 heteroatoms. The Morgan fingerprint density at radius 1 is 1.03 bits per heavy atom. The molecule has 1 aliphatic rings. The predicted molar refractivity (Wildman–Crippen MR) is 135 cm³/mol. The van der Waals surface area contributed by atoms with Crippen molar-refractivity contribution in [2.75, 3.05) is 27.3 Å². The van der Waals surface area contributed by atoms with Crippen molar-refractivity contribution in [2.24, 2.45) is 0 Å². The molecule has 0 saturated carbocycles. The molecule has 2 aromatic heterocycles. The van der Waals surface area contributed by atoms with Gasteiger partial charge in [-0.15, -0.1) is 0 Å². The summed E-state index contributed by atoms with van der Waals surface area (Å²) in [4.78, 5) is 29.0. The fourth-order valence-corrected chi connectivity index (χ4v) is 4.69. The third-order valence-corrected chi connectivity index (χ3v) is 6.51. The fraction of sp³-hybridized carbons (Fsp3) is 0.259. The first-order valence-corrected chi connectivity index (χ1v) is 11.9. The van der Waals surface area contributed by atoms with Crippen LogP contribution in [0.15, 0.2) is 54.9 Å². The van der Waals surface area contributed by atoms with E-state index >= 15 is 0 Å². The summed E-state index contributed by atoms with van der Waals surface area (Å²) >= 11 is 0. The fourth-order valence-electron chi connectivity index (χ4n) is 4.69. The van der Waals surface area contributed by atoms with Gasteiger partial charge >= 0.3 is 11.9 Å². The van der Waals surface area contributed by atoms with Crippen LogP contribution in [0.1, 0.15) is 18.9 Å². The maximum atomic E-state index is 14.5. The van der Waals surface area contributed by atoms with Gasteiger partial charge in [-0.25, -0.2) is 4.79 Å². The van der Waals surface area contributed by atoms with Crippen LogP contribution in [0.2, 0.25) is 0 Å². The number of piperidine rings is 1. The number of likely N-dealkylation sites (tertiary alicyclic amines) is 1. The van der Waals surface area contributed by atoms with Gasteiger partial charge in [0.2, 0.25) is 5.82 Å². The van der Waals surface area contributed by atoms with E-state index in [-0.39, 0.29) is 24.1 Å². The molecule has 0 spiro atoms. The quantitative estimate of drug-likeness (QED) is 0.374. The molecule has 1 unspecified atom stereocenters. The smallest absolute Gasteiger partial charge is 0.394 e. The Bertz CT molecular complexity index is 1500. The summed E-state index contributed by atoms with van der Waals surface area (Å²) in [6, 6.07) is 11.4. The van der Waals surface area contributed by atoms with Crippen molar-refractivity contribution in [2.45, 2.75) is 18.9 Å². The van der Waals surface area contributed by atoms with Crippen molar-refractivity contribution >= 4 is 22.8 Å². The molecule has 196 valence electrons. The Labute approximate surface area is 217 Å². The molecule has 0 aliphatic carbocycles. The average molecular weight is 521 g/mol. The van der Waals surface area contributed by atoms with E-state index in [1.165, 1.54) is 24.1 Å². The number of hydrogen-bond acceptors (Lipinski definition) is 7. The van der Waals surface area contributed by atoms with Gasteiger partial charge in [0.25, 0.3) is 0 Å². The Kier molecular flexibility index (Phi) is 6.82. The molecule has 1 amide bonds. The molecule has 1 fully saturated rings. The van der Waals surface area contributed by atoms with Crippen molar-refractivity contribution in [3.05, 3.63) is 60.7 Å². The van der Waals surface area contributed by atoms with E-state index in [9.17, 15) is 19.1 Å².